The van der Waals surface area contributed by atoms with Gasteiger partial charge >= 0.3 is 5.69 Å². The highest BCUT2D eigenvalue weighted by Gasteiger charge is 2.41. The van der Waals surface area contributed by atoms with Gasteiger partial charge in [0.05, 0.1) is 11.3 Å². The first-order valence-electron chi connectivity index (χ1n) is 10.3. The molecule has 2 aliphatic rings. The van der Waals surface area contributed by atoms with Crippen LogP contribution < -0.4 is 16.6 Å². The van der Waals surface area contributed by atoms with Crippen molar-refractivity contribution in [3.05, 3.63) is 128 Å². The maximum absolute atomic E-state index is 13.4. The molecule has 1 aliphatic carbocycles. The van der Waals surface area contributed by atoms with Crippen molar-refractivity contribution in [1.29, 1.82) is 0 Å². The van der Waals surface area contributed by atoms with Crippen LogP contribution >= 0.6 is 0 Å². The molecule has 0 amide bonds. The summed E-state index contributed by atoms with van der Waals surface area (Å²) in [5, 5.41) is 3.15. The third-order valence-corrected chi connectivity index (χ3v) is 6.11. The van der Waals surface area contributed by atoms with Gasteiger partial charge < -0.3 is 5.32 Å². The van der Waals surface area contributed by atoms with Gasteiger partial charge in [0.25, 0.3) is 5.56 Å². The molecule has 6 heteroatoms. The van der Waals surface area contributed by atoms with Gasteiger partial charge in [-0.2, -0.15) is 0 Å². The number of benzene rings is 3. The maximum Gasteiger partial charge on any atom is 0.327 e. The van der Waals surface area contributed by atoms with Gasteiger partial charge in [-0.3, -0.25) is 19.6 Å². The zero-order valence-corrected chi connectivity index (χ0v) is 16.8. The van der Waals surface area contributed by atoms with Crippen LogP contribution in [0.2, 0.25) is 0 Å². The maximum atomic E-state index is 13.4. The number of anilines is 1. The Morgan fingerprint density at radius 2 is 1.31 bits per heavy atom. The summed E-state index contributed by atoms with van der Waals surface area (Å²) < 4.78 is 0. The zero-order valence-electron chi connectivity index (χ0n) is 16.8. The fourth-order valence-corrected chi connectivity index (χ4v) is 4.68. The Bertz CT molecular complexity index is 1540. The number of ketones is 1. The van der Waals surface area contributed by atoms with Crippen molar-refractivity contribution in [2.75, 3.05) is 5.32 Å². The minimum absolute atomic E-state index is 0.114. The van der Waals surface area contributed by atoms with E-state index in [1.165, 1.54) is 0 Å². The van der Waals surface area contributed by atoms with E-state index >= 15 is 0 Å². The molecule has 1 aliphatic heterocycles. The number of Topliss-reactive ketones (excluding diaryl/α,β-unsaturated/α-hetero) is 1. The quantitative estimate of drug-likeness (QED) is 0.459. The van der Waals surface area contributed by atoms with Crippen molar-refractivity contribution in [2.45, 2.75) is 5.92 Å². The third kappa shape index (κ3) is 2.63. The van der Waals surface area contributed by atoms with E-state index in [9.17, 15) is 14.4 Å². The van der Waals surface area contributed by atoms with Crippen molar-refractivity contribution in [2.24, 2.45) is 0 Å². The summed E-state index contributed by atoms with van der Waals surface area (Å²) in [5.74, 6) is -0.401. The number of fused-ring (bicyclic) bond motifs is 3. The molecule has 0 radical (unpaired) electrons. The van der Waals surface area contributed by atoms with Crippen molar-refractivity contribution < 1.29 is 4.79 Å². The van der Waals surface area contributed by atoms with Crippen LogP contribution in [0.3, 0.4) is 0 Å². The van der Waals surface area contributed by atoms with Crippen LogP contribution in [0, 0.1) is 0 Å². The smallest absolute Gasteiger partial charge is 0.327 e. The van der Waals surface area contributed by atoms with Gasteiger partial charge in [-0.25, -0.2) is 4.79 Å². The molecule has 32 heavy (non-hydrogen) atoms. The van der Waals surface area contributed by atoms with Crippen LogP contribution in [0.15, 0.2) is 94.0 Å². The van der Waals surface area contributed by atoms with Crippen LogP contribution in [0.4, 0.5) is 5.82 Å². The van der Waals surface area contributed by atoms with Crippen LogP contribution in [0.5, 0.6) is 0 Å². The van der Waals surface area contributed by atoms with Crippen molar-refractivity contribution >= 4 is 17.3 Å². The number of nitrogens with one attached hydrogen (secondary N) is 3. The highest BCUT2D eigenvalue weighted by molar-refractivity contribution is 6.23. The Hall–Kier alpha value is -4.45. The van der Waals surface area contributed by atoms with E-state index in [0.29, 0.717) is 28.2 Å². The average molecular weight is 419 g/mol. The van der Waals surface area contributed by atoms with E-state index < -0.39 is 17.2 Å². The summed E-state index contributed by atoms with van der Waals surface area (Å²) in [4.78, 5) is 43.3. The molecule has 1 unspecified atom stereocenters. The molecular formula is C26H17N3O3. The highest BCUT2D eigenvalue weighted by Crippen LogP contribution is 2.47. The summed E-state index contributed by atoms with van der Waals surface area (Å²) in [6.45, 7) is 0. The highest BCUT2D eigenvalue weighted by atomic mass is 16.2. The lowest BCUT2D eigenvalue weighted by Gasteiger charge is -2.27. The molecule has 0 saturated carbocycles. The van der Waals surface area contributed by atoms with Crippen molar-refractivity contribution in [3.8, 4) is 11.1 Å². The molecule has 6 nitrogen and oxygen atoms in total. The summed E-state index contributed by atoms with van der Waals surface area (Å²) in [7, 11) is 0. The fraction of sp³-hybridized carbons (Fsp3) is 0.0385. The van der Waals surface area contributed by atoms with E-state index in [1.807, 2.05) is 72.8 Å². The fourth-order valence-electron chi connectivity index (χ4n) is 4.68. The van der Waals surface area contributed by atoms with Gasteiger partial charge in [0.15, 0.2) is 5.78 Å². The molecule has 1 atom stereocenters. The van der Waals surface area contributed by atoms with E-state index in [2.05, 4.69) is 15.3 Å². The van der Waals surface area contributed by atoms with Crippen molar-refractivity contribution in [1.82, 2.24) is 9.97 Å². The number of allylic oxidation sites excluding steroid dienone is 1. The SMILES string of the molecule is O=C1C2=C(Nc3[nH]c(=O)[nH]c(=O)c3C2c2ccc(-c3ccccc3)cc2)c2ccccc21. The van der Waals surface area contributed by atoms with Gasteiger partial charge in [0.2, 0.25) is 0 Å². The first-order valence-corrected chi connectivity index (χ1v) is 10.3. The van der Waals surface area contributed by atoms with Gasteiger partial charge in [-0.15, -0.1) is 0 Å². The Balaban J connectivity index is 1.56. The van der Waals surface area contributed by atoms with Crippen LogP contribution in [-0.4, -0.2) is 15.8 Å². The monoisotopic (exact) mass is 419 g/mol. The second-order valence-corrected chi connectivity index (χ2v) is 7.91. The summed E-state index contributed by atoms with van der Waals surface area (Å²) in [6.07, 6.45) is 0. The molecule has 6 rings (SSSR count). The molecule has 3 N–H and O–H groups in total. The summed E-state index contributed by atoms with van der Waals surface area (Å²) >= 11 is 0. The molecular weight excluding hydrogens is 402 g/mol. The normalized spacial score (nSPS) is 16.2. The summed E-state index contributed by atoms with van der Waals surface area (Å²) in [5.41, 5.74) is 4.65. The largest absolute Gasteiger partial charge is 0.340 e. The first kappa shape index (κ1) is 18.3. The number of hydrogen-bond acceptors (Lipinski definition) is 4. The number of carbonyl (C=O) groups excluding carboxylic acids is 1. The predicted molar refractivity (Wildman–Crippen MR) is 123 cm³/mol. The average Bonchev–Trinajstić information content (AvgIpc) is 3.10. The Labute approximate surface area is 182 Å². The second kappa shape index (κ2) is 6.78. The van der Waals surface area contributed by atoms with E-state index in [4.69, 9.17) is 0 Å². The molecule has 154 valence electrons. The minimum Gasteiger partial charge on any atom is -0.340 e. The number of hydrogen-bond donors (Lipinski definition) is 3. The molecule has 2 heterocycles. The number of carbonyl (C=O) groups is 1. The van der Waals surface area contributed by atoms with Gasteiger partial charge in [0.1, 0.15) is 5.82 Å². The first-order chi connectivity index (χ1) is 15.6. The number of aromatic amines is 2. The van der Waals surface area contributed by atoms with Gasteiger partial charge in [-0.1, -0.05) is 78.9 Å². The Morgan fingerprint density at radius 1 is 0.656 bits per heavy atom. The molecule has 0 bridgehead atoms. The van der Waals surface area contributed by atoms with Crippen molar-refractivity contribution in [3.63, 3.8) is 0 Å². The third-order valence-electron chi connectivity index (χ3n) is 6.11. The van der Waals surface area contributed by atoms with E-state index in [1.54, 1.807) is 6.07 Å². The molecule has 3 aromatic carbocycles. The molecule has 1 aromatic heterocycles. The Morgan fingerprint density at radius 3 is 2.06 bits per heavy atom. The topological polar surface area (TPSA) is 94.8 Å². The van der Waals surface area contributed by atoms with E-state index in [0.717, 1.165) is 22.3 Å². The summed E-state index contributed by atoms with van der Waals surface area (Å²) in [6, 6.07) is 25.2. The number of rotatable bonds is 2. The zero-order chi connectivity index (χ0) is 21.8. The second-order valence-electron chi connectivity index (χ2n) is 7.91. The van der Waals surface area contributed by atoms with Gasteiger partial charge in [0, 0.05) is 22.6 Å². The predicted octanol–water partition coefficient (Wildman–Crippen LogP) is 3.90. The minimum atomic E-state index is -0.605. The number of H-pyrrole nitrogens is 2. The molecule has 0 spiro atoms. The molecule has 0 fully saturated rings. The Kier molecular flexibility index (Phi) is 3.89. The van der Waals surface area contributed by atoms with Crippen LogP contribution in [-0.2, 0) is 0 Å². The number of aromatic nitrogens is 2. The molecule has 4 aromatic rings. The lowest BCUT2D eigenvalue weighted by Crippen LogP contribution is -2.33. The van der Waals surface area contributed by atoms with Gasteiger partial charge in [-0.05, 0) is 16.7 Å². The van der Waals surface area contributed by atoms with Crippen LogP contribution in [0.1, 0.15) is 33.0 Å². The standard InChI is InChI=1S/C26H17N3O3/c30-23-18-9-5-4-8-17(18)22-20(23)19(21-24(27-22)28-26(32)29-25(21)31)16-12-10-15(11-13-16)14-6-2-1-3-7-14/h1-13,19H,(H3,27,28,29,31,32). The lowest BCUT2D eigenvalue weighted by atomic mass is 9.81. The van der Waals surface area contributed by atoms with Crippen LogP contribution in [0.25, 0.3) is 16.8 Å². The lowest BCUT2D eigenvalue weighted by molar-refractivity contribution is 0.103. The van der Waals surface area contributed by atoms with E-state index in [-0.39, 0.29) is 5.78 Å². The molecule has 0 saturated heterocycles.